The maximum absolute atomic E-state index is 13.1. The Labute approximate surface area is 151 Å². The molecule has 2 aromatic carbocycles. The molecular formula is C18H18N2O5S. The number of rotatable bonds is 4. The molecule has 0 bridgehead atoms. The van der Waals surface area contributed by atoms with E-state index in [1.165, 1.54) is 35.7 Å². The lowest BCUT2D eigenvalue weighted by Gasteiger charge is -2.34. The van der Waals surface area contributed by atoms with Gasteiger partial charge in [-0.25, -0.2) is 13.2 Å². The van der Waals surface area contributed by atoms with E-state index in [1.54, 1.807) is 30.3 Å². The van der Waals surface area contributed by atoms with E-state index in [4.69, 9.17) is 0 Å². The van der Waals surface area contributed by atoms with Crippen LogP contribution in [0.5, 0.6) is 0 Å². The summed E-state index contributed by atoms with van der Waals surface area (Å²) in [5.74, 6) is -0.911. The van der Waals surface area contributed by atoms with Gasteiger partial charge in [-0.1, -0.05) is 30.3 Å². The number of hydrogen-bond donors (Lipinski definition) is 1. The minimum atomic E-state index is -3.92. The molecule has 7 nitrogen and oxygen atoms in total. The van der Waals surface area contributed by atoms with E-state index in [0.717, 1.165) is 0 Å². The van der Waals surface area contributed by atoms with Gasteiger partial charge in [0.05, 0.1) is 17.6 Å². The molecule has 1 unspecified atom stereocenters. The Hall–Kier alpha value is -2.71. The lowest BCUT2D eigenvalue weighted by Crippen LogP contribution is -2.52. The Morgan fingerprint density at radius 1 is 1.12 bits per heavy atom. The monoisotopic (exact) mass is 374 g/mol. The fraction of sp³-hybridized carbons (Fsp3) is 0.222. The summed E-state index contributed by atoms with van der Waals surface area (Å²) >= 11 is 0. The number of esters is 1. The van der Waals surface area contributed by atoms with Gasteiger partial charge in [0.1, 0.15) is 6.04 Å². The van der Waals surface area contributed by atoms with Gasteiger partial charge in [0.25, 0.3) is 0 Å². The van der Waals surface area contributed by atoms with Crippen LogP contribution in [0.4, 0.5) is 0 Å². The average Bonchev–Trinajstić information content (AvgIpc) is 2.68. The summed E-state index contributed by atoms with van der Waals surface area (Å²) in [6.45, 7) is 0.397. The molecule has 1 N–H and O–H groups in total. The maximum Gasteiger partial charge on any atom is 0.337 e. The smallest absolute Gasteiger partial charge is 0.337 e. The van der Waals surface area contributed by atoms with Crippen LogP contribution >= 0.6 is 0 Å². The summed E-state index contributed by atoms with van der Waals surface area (Å²) in [4.78, 5) is 23.9. The van der Waals surface area contributed by atoms with Crippen molar-refractivity contribution >= 4 is 21.9 Å². The summed E-state index contributed by atoms with van der Waals surface area (Å²) in [7, 11) is -2.67. The third kappa shape index (κ3) is 3.33. The molecule has 0 radical (unpaired) electrons. The third-order valence-electron chi connectivity index (χ3n) is 4.17. The minimum absolute atomic E-state index is 0.0146. The molecule has 0 aromatic heterocycles. The van der Waals surface area contributed by atoms with Crippen molar-refractivity contribution in [3.05, 3.63) is 65.7 Å². The second-order valence-electron chi connectivity index (χ2n) is 5.74. The minimum Gasteiger partial charge on any atom is -0.465 e. The quantitative estimate of drug-likeness (QED) is 0.815. The van der Waals surface area contributed by atoms with E-state index in [-0.39, 0.29) is 29.5 Å². The van der Waals surface area contributed by atoms with Crippen LogP contribution in [0.15, 0.2) is 59.5 Å². The molecular weight excluding hydrogens is 356 g/mol. The van der Waals surface area contributed by atoms with Crippen LogP contribution in [0, 0.1) is 0 Å². The molecule has 1 saturated heterocycles. The lowest BCUT2D eigenvalue weighted by atomic mass is 10.1. The normalized spacial score (nSPS) is 18.2. The van der Waals surface area contributed by atoms with Crippen molar-refractivity contribution in [2.24, 2.45) is 0 Å². The Morgan fingerprint density at radius 2 is 1.77 bits per heavy atom. The second kappa shape index (κ2) is 7.27. The highest BCUT2D eigenvalue weighted by molar-refractivity contribution is 7.89. The van der Waals surface area contributed by atoms with E-state index < -0.39 is 22.0 Å². The molecule has 1 aliphatic heterocycles. The van der Waals surface area contributed by atoms with E-state index in [2.05, 4.69) is 10.1 Å². The van der Waals surface area contributed by atoms with Gasteiger partial charge in [-0.15, -0.1) is 0 Å². The summed E-state index contributed by atoms with van der Waals surface area (Å²) in [5, 5.41) is 2.71. The number of methoxy groups -OCH3 is 1. The van der Waals surface area contributed by atoms with Crippen molar-refractivity contribution in [3.8, 4) is 0 Å². The summed E-state index contributed by atoms with van der Waals surface area (Å²) < 4.78 is 32.0. The molecule has 1 fully saturated rings. The van der Waals surface area contributed by atoms with Gasteiger partial charge in [0, 0.05) is 13.1 Å². The van der Waals surface area contributed by atoms with Crippen LogP contribution in [0.2, 0.25) is 0 Å². The zero-order valence-electron chi connectivity index (χ0n) is 14.1. The molecule has 2 aromatic rings. The van der Waals surface area contributed by atoms with Gasteiger partial charge in [-0.3, -0.25) is 4.79 Å². The molecule has 0 spiro atoms. The third-order valence-corrected chi connectivity index (χ3v) is 6.04. The SMILES string of the molecule is COC(=O)c1ccc(S(=O)(=O)N2CCNC(=O)C2c2ccccc2)cc1. The van der Waals surface area contributed by atoms with Crippen molar-refractivity contribution in [3.63, 3.8) is 0 Å². The predicted molar refractivity (Wildman–Crippen MR) is 93.9 cm³/mol. The van der Waals surface area contributed by atoms with E-state index in [1.807, 2.05) is 0 Å². The molecule has 136 valence electrons. The van der Waals surface area contributed by atoms with E-state index in [9.17, 15) is 18.0 Å². The number of amides is 1. The van der Waals surface area contributed by atoms with Crippen LogP contribution in [0.1, 0.15) is 22.0 Å². The van der Waals surface area contributed by atoms with E-state index >= 15 is 0 Å². The van der Waals surface area contributed by atoms with Crippen molar-refractivity contribution in [1.29, 1.82) is 0 Å². The van der Waals surface area contributed by atoms with Crippen molar-refractivity contribution in [2.75, 3.05) is 20.2 Å². The molecule has 1 amide bonds. The molecule has 1 heterocycles. The van der Waals surface area contributed by atoms with Crippen LogP contribution < -0.4 is 5.32 Å². The molecule has 0 saturated carbocycles. The standard InChI is InChI=1S/C18H18N2O5S/c1-25-18(22)14-7-9-15(10-8-14)26(23,24)20-12-11-19-17(21)16(20)13-5-3-2-4-6-13/h2-10,16H,11-12H2,1H3,(H,19,21). The molecule has 8 heteroatoms. The number of piperazine rings is 1. The Bertz CT molecular complexity index is 910. The van der Waals surface area contributed by atoms with Crippen LogP contribution in [-0.4, -0.2) is 44.8 Å². The zero-order chi connectivity index (χ0) is 18.7. The number of ether oxygens (including phenoxy) is 1. The summed E-state index contributed by atoms with van der Waals surface area (Å²) in [5.41, 5.74) is 0.849. The van der Waals surface area contributed by atoms with Crippen LogP contribution in [0.3, 0.4) is 0 Å². The highest BCUT2D eigenvalue weighted by Gasteiger charge is 2.39. The highest BCUT2D eigenvalue weighted by atomic mass is 32.2. The number of nitrogens with one attached hydrogen (secondary N) is 1. The molecule has 26 heavy (non-hydrogen) atoms. The van der Waals surface area contributed by atoms with Crippen molar-refractivity contribution in [2.45, 2.75) is 10.9 Å². The number of benzene rings is 2. The first kappa shape index (κ1) is 18.1. The first-order chi connectivity index (χ1) is 12.4. The van der Waals surface area contributed by atoms with Gasteiger partial charge in [0.2, 0.25) is 15.9 Å². The number of carbonyl (C=O) groups excluding carboxylic acids is 2. The summed E-state index contributed by atoms with van der Waals surface area (Å²) in [6.07, 6.45) is 0. The molecule has 1 atom stereocenters. The van der Waals surface area contributed by atoms with Crippen LogP contribution in [-0.2, 0) is 19.6 Å². The number of sulfonamides is 1. The van der Waals surface area contributed by atoms with E-state index in [0.29, 0.717) is 5.56 Å². The van der Waals surface area contributed by atoms with Gasteiger partial charge >= 0.3 is 5.97 Å². The Kier molecular flexibility index (Phi) is 5.06. The first-order valence-corrected chi connectivity index (χ1v) is 9.42. The van der Waals surface area contributed by atoms with Gasteiger partial charge in [-0.05, 0) is 29.8 Å². The first-order valence-electron chi connectivity index (χ1n) is 7.98. The highest BCUT2D eigenvalue weighted by Crippen LogP contribution is 2.29. The van der Waals surface area contributed by atoms with Gasteiger partial charge < -0.3 is 10.1 Å². The topological polar surface area (TPSA) is 92.8 Å². The van der Waals surface area contributed by atoms with Crippen LogP contribution in [0.25, 0.3) is 0 Å². The van der Waals surface area contributed by atoms with Gasteiger partial charge in [0.15, 0.2) is 0 Å². The maximum atomic E-state index is 13.1. The predicted octanol–water partition coefficient (Wildman–Crippen LogP) is 1.33. The lowest BCUT2D eigenvalue weighted by molar-refractivity contribution is -0.126. The number of nitrogens with zero attached hydrogens (tertiary/aromatic N) is 1. The number of hydrogen-bond acceptors (Lipinski definition) is 5. The fourth-order valence-electron chi connectivity index (χ4n) is 2.87. The Balaban J connectivity index is 1.98. The van der Waals surface area contributed by atoms with Crippen molar-refractivity contribution in [1.82, 2.24) is 9.62 Å². The van der Waals surface area contributed by atoms with Crippen molar-refractivity contribution < 1.29 is 22.7 Å². The Morgan fingerprint density at radius 3 is 2.38 bits per heavy atom. The largest absolute Gasteiger partial charge is 0.465 e. The average molecular weight is 374 g/mol. The zero-order valence-corrected chi connectivity index (χ0v) is 14.9. The molecule has 3 rings (SSSR count). The molecule has 1 aliphatic rings. The van der Waals surface area contributed by atoms with Gasteiger partial charge in [-0.2, -0.15) is 4.31 Å². The summed E-state index contributed by atoms with van der Waals surface area (Å²) in [6, 6.07) is 13.3. The number of carbonyl (C=O) groups is 2. The molecule has 0 aliphatic carbocycles. The second-order valence-corrected chi connectivity index (χ2v) is 7.63. The fourth-order valence-corrected chi connectivity index (χ4v) is 4.45.